The first-order valence-electron chi connectivity index (χ1n) is 10.0. The Balaban J connectivity index is 1.45. The lowest BCUT2D eigenvalue weighted by atomic mass is 10.1. The molecule has 0 aliphatic carbocycles. The van der Waals surface area contributed by atoms with Gasteiger partial charge in [0, 0.05) is 6.54 Å². The number of hydrogen-bond donors (Lipinski definition) is 2. The SMILES string of the molecule is COc1cc(CNC(=O)CNC(=O)Cc2ccccc2)ccc1OCc1ccccc1. The molecule has 0 bridgehead atoms. The van der Waals surface area contributed by atoms with E-state index in [0.717, 1.165) is 16.7 Å². The predicted octanol–water partition coefficient (Wildman–Crippen LogP) is 3.25. The second kappa shape index (κ2) is 11.4. The maximum Gasteiger partial charge on any atom is 0.239 e. The van der Waals surface area contributed by atoms with Crippen LogP contribution in [0.25, 0.3) is 0 Å². The van der Waals surface area contributed by atoms with E-state index in [0.29, 0.717) is 24.7 Å². The van der Waals surface area contributed by atoms with Crippen LogP contribution in [0.15, 0.2) is 78.9 Å². The van der Waals surface area contributed by atoms with Crippen LogP contribution in [0.2, 0.25) is 0 Å². The molecule has 0 heterocycles. The molecule has 160 valence electrons. The summed E-state index contributed by atoms with van der Waals surface area (Å²) in [6, 6.07) is 24.8. The molecule has 3 aromatic carbocycles. The average molecular weight is 418 g/mol. The summed E-state index contributed by atoms with van der Waals surface area (Å²) in [6.45, 7) is 0.694. The van der Waals surface area contributed by atoms with Crippen molar-refractivity contribution in [2.75, 3.05) is 13.7 Å². The first-order chi connectivity index (χ1) is 15.1. The van der Waals surface area contributed by atoms with Gasteiger partial charge in [0.15, 0.2) is 11.5 Å². The normalized spacial score (nSPS) is 10.2. The van der Waals surface area contributed by atoms with Gasteiger partial charge in [-0.2, -0.15) is 0 Å². The van der Waals surface area contributed by atoms with Gasteiger partial charge in [0.1, 0.15) is 6.61 Å². The van der Waals surface area contributed by atoms with Gasteiger partial charge in [-0.3, -0.25) is 9.59 Å². The molecule has 2 N–H and O–H groups in total. The van der Waals surface area contributed by atoms with E-state index in [4.69, 9.17) is 9.47 Å². The van der Waals surface area contributed by atoms with E-state index in [2.05, 4.69) is 10.6 Å². The third-order valence-corrected chi connectivity index (χ3v) is 4.61. The quantitative estimate of drug-likeness (QED) is 0.530. The van der Waals surface area contributed by atoms with E-state index in [-0.39, 0.29) is 24.8 Å². The molecule has 0 saturated carbocycles. The lowest BCUT2D eigenvalue weighted by Crippen LogP contribution is -2.37. The van der Waals surface area contributed by atoms with Crippen molar-refractivity contribution in [3.63, 3.8) is 0 Å². The van der Waals surface area contributed by atoms with Crippen molar-refractivity contribution in [2.45, 2.75) is 19.6 Å². The molecule has 2 amide bonds. The summed E-state index contributed by atoms with van der Waals surface area (Å²) in [7, 11) is 1.58. The fraction of sp³-hybridized carbons (Fsp3) is 0.200. The summed E-state index contributed by atoms with van der Waals surface area (Å²) < 4.78 is 11.3. The Morgan fingerprint density at radius 2 is 1.42 bits per heavy atom. The van der Waals surface area contributed by atoms with Gasteiger partial charge in [0.05, 0.1) is 20.1 Å². The van der Waals surface area contributed by atoms with Crippen LogP contribution in [-0.4, -0.2) is 25.5 Å². The lowest BCUT2D eigenvalue weighted by Gasteiger charge is -2.13. The van der Waals surface area contributed by atoms with Crippen LogP contribution in [0.5, 0.6) is 11.5 Å². The summed E-state index contributed by atoms with van der Waals surface area (Å²) in [5.41, 5.74) is 2.84. The zero-order valence-electron chi connectivity index (χ0n) is 17.5. The van der Waals surface area contributed by atoms with Crippen molar-refractivity contribution in [1.82, 2.24) is 10.6 Å². The first-order valence-corrected chi connectivity index (χ1v) is 10.0. The van der Waals surface area contributed by atoms with Crippen LogP contribution in [-0.2, 0) is 29.2 Å². The van der Waals surface area contributed by atoms with Crippen molar-refractivity contribution in [3.8, 4) is 11.5 Å². The van der Waals surface area contributed by atoms with Crippen LogP contribution in [0.3, 0.4) is 0 Å². The fourth-order valence-corrected chi connectivity index (χ4v) is 2.96. The minimum Gasteiger partial charge on any atom is -0.493 e. The van der Waals surface area contributed by atoms with Gasteiger partial charge in [0.2, 0.25) is 11.8 Å². The van der Waals surface area contributed by atoms with Crippen LogP contribution in [0, 0.1) is 0 Å². The summed E-state index contributed by atoms with van der Waals surface area (Å²) in [5, 5.41) is 5.43. The summed E-state index contributed by atoms with van der Waals surface area (Å²) in [6.07, 6.45) is 0.246. The highest BCUT2D eigenvalue weighted by Gasteiger charge is 2.09. The van der Waals surface area contributed by atoms with E-state index in [1.807, 2.05) is 78.9 Å². The van der Waals surface area contributed by atoms with Gasteiger partial charge in [-0.15, -0.1) is 0 Å². The smallest absolute Gasteiger partial charge is 0.239 e. The van der Waals surface area contributed by atoms with Gasteiger partial charge < -0.3 is 20.1 Å². The largest absolute Gasteiger partial charge is 0.493 e. The Morgan fingerprint density at radius 1 is 0.742 bits per heavy atom. The molecule has 31 heavy (non-hydrogen) atoms. The topological polar surface area (TPSA) is 76.7 Å². The molecule has 0 radical (unpaired) electrons. The van der Waals surface area contributed by atoms with Crippen molar-refractivity contribution >= 4 is 11.8 Å². The minimum absolute atomic E-state index is 0.0684. The highest BCUT2D eigenvalue weighted by atomic mass is 16.5. The second-order valence-electron chi connectivity index (χ2n) is 6.98. The minimum atomic E-state index is -0.259. The van der Waals surface area contributed by atoms with Crippen molar-refractivity contribution in [2.24, 2.45) is 0 Å². The number of amides is 2. The molecule has 0 aliphatic rings. The van der Waals surface area contributed by atoms with E-state index < -0.39 is 0 Å². The Hall–Kier alpha value is -3.80. The molecule has 0 atom stereocenters. The third kappa shape index (κ3) is 7.19. The summed E-state index contributed by atoms with van der Waals surface area (Å²) >= 11 is 0. The molecule has 0 unspecified atom stereocenters. The molecule has 3 aromatic rings. The second-order valence-corrected chi connectivity index (χ2v) is 6.98. The van der Waals surface area contributed by atoms with E-state index in [1.165, 1.54) is 0 Å². The number of carbonyl (C=O) groups excluding carboxylic acids is 2. The van der Waals surface area contributed by atoms with E-state index >= 15 is 0 Å². The first kappa shape index (κ1) is 21.9. The number of benzene rings is 3. The lowest BCUT2D eigenvalue weighted by molar-refractivity contribution is -0.125. The van der Waals surface area contributed by atoms with Crippen LogP contribution >= 0.6 is 0 Å². The average Bonchev–Trinajstić information content (AvgIpc) is 2.81. The monoisotopic (exact) mass is 418 g/mol. The summed E-state index contributed by atoms with van der Waals surface area (Å²) in [4.78, 5) is 24.0. The number of hydrogen-bond acceptors (Lipinski definition) is 4. The zero-order chi connectivity index (χ0) is 21.9. The Morgan fingerprint density at radius 3 is 2.10 bits per heavy atom. The Kier molecular flexibility index (Phi) is 8.05. The van der Waals surface area contributed by atoms with Crippen molar-refractivity contribution < 1.29 is 19.1 Å². The molecule has 3 rings (SSSR count). The highest BCUT2D eigenvalue weighted by Crippen LogP contribution is 2.28. The van der Waals surface area contributed by atoms with Gasteiger partial charge in [-0.25, -0.2) is 0 Å². The van der Waals surface area contributed by atoms with Gasteiger partial charge in [-0.05, 0) is 28.8 Å². The van der Waals surface area contributed by atoms with Gasteiger partial charge in [0.25, 0.3) is 0 Å². The molecule has 0 spiro atoms. The third-order valence-electron chi connectivity index (χ3n) is 4.61. The summed E-state index contributed by atoms with van der Waals surface area (Å²) in [5.74, 6) is 0.779. The maximum absolute atomic E-state index is 12.1. The van der Waals surface area contributed by atoms with Crippen LogP contribution in [0.4, 0.5) is 0 Å². The molecule has 6 heteroatoms. The predicted molar refractivity (Wildman–Crippen MR) is 119 cm³/mol. The molecular weight excluding hydrogens is 392 g/mol. The Bertz CT molecular complexity index is 991. The molecule has 0 aromatic heterocycles. The van der Waals surface area contributed by atoms with Crippen LogP contribution in [0.1, 0.15) is 16.7 Å². The Labute approximate surface area is 182 Å². The molecule has 0 aliphatic heterocycles. The van der Waals surface area contributed by atoms with Crippen molar-refractivity contribution in [3.05, 3.63) is 95.6 Å². The van der Waals surface area contributed by atoms with E-state index in [1.54, 1.807) is 7.11 Å². The van der Waals surface area contributed by atoms with Gasteiger partial charge in [-0.1, -0.05) is 66.7 Å². The van der Waals surface area contributed by atoms with Crippen molar-refractivity contribution in [1.29, 1.82) is 0 Å². The van der Waals surface area contributed by atoms with Crippen LogP contribution < -0.4 is 20.1 Å². The number of methoxy groups -OCH3 is 1. The fourth-order valence-electron chi connectivity index (χ4n) is 2.96. The van der Waals surface area contributed by atoms with Gasteiger partial charge >= 0.3 is 0 Å². The number of nitrogens with one attached hydrogen (secondary N) is 2. The standard InChI is InChI=1S/C25H26N2O4/c1-30-23-14-21(12-13-22(23)31-18-20-10-6-3-7-11-20)16-26-25(29)17-27-24(28)15-19-8-4-2-5-9-19/h2-14H,15-18H2,1H3,(H,26,29)(H,27,28). The number of rotatable bonds is 10. The molecule has 0 fully saturated rings. The highest BCUT2D eigenvalue weighted by molar-refractivity contribution is 5.85. The molecule has 6 nitrogen and oxygen atoms in total. The zero-order valence-corrected chi connectivity index (χ0v) is 17.5. The van der Waals surface area contributed by atoms with E-state index in [9.17, 15) is 9.59 Å². The maximum atomic E-state index is 12.1. The molecular formula is C25H26N2O4. The molecule has 0 saturated heterocycles. The number of carbonyl (C=O) groups is 2. The number of ether oxygens (including phenoxy) is 2.